The maximum absolute atomic E-state index is 12.2. The molecule has 0 aliphatic carbocycles. The van der Waals surface area contributed by atoms with Crippen molar-refractivity contribution in [1.82, 2.24) is 9.80 Å². The van der Waals surface area contributed by atoms with Crippen molar-refractivity contribution in [3.63, 3.8) is 0 Å². The molecule has 2 rings (SSSR count). The summed E-state index contributed by atoms with van der Waals surface area (Å²) >= 11 is 0. The molecule has 0 saturated carbocycles. The summed E-state index contributed by atoms with van der Waals surface area (Å²) in [5.41, 5.74) is 6.10. The van der Waals surface area contributed by atoms with E-state index in [1.54, 1.807) is 0 Å². The van der Waals surface area contributed by atoms with Gasteiger partial charge in [0.1, 0.15) is 0 Å². The number of carbonyl (C=O) groups excluding carboxylic acids is 1. The van der Waals surface area contributed by atoms with Crippen molar-refractivity contribution in [2.75, 3.05) is 32.7 Å². The number of hydrogen-bond acceptors (Lipinski definition) is 3. The summed E-state index contributed by atoms with van der Waals surface area (Å²) in [6.07, 6.45) is 5.78. The van der Waals surface area contributed by atoms with Gasteiger partial charge in [0.25, 0.3) is 0 Å². The van der Waals surface area contributed by atoms with Crippen LogP contribution < -0.4 is 5.73 Å². The molecule has 2 heterocycles. The van der Waals surface area contributed by atoms with Crippen molar-refractivity contribution in [2.24, 2.45) is 11.7 Å². The Labute approximate surface area is 110 Å². The van der Waals surface area contributed by atoms with Crippen LogP contribution in [-0.4, -0.2) is 54.5 Å². The van der Waals surface area contributed by atoms with Gasteiger partial charge in [-0.3, -0.25) is 9.69 Å². The van der Waals surface area contributed by atoms with Crippen molar-refractivity contribution in [1.29, 1.82) is 0 Å². The predicted octanol–water partition coefficient (Wildman–Crippen LogP) is 1.06. The molecule has 4 heteroatoms. The van der Waals surface area contributed by atoms with E-state index in [0.29, 0.717) is 24.4 Å². The van der Waals surface area contributed by atoms with E-state index in [0.717, 1.165) is 39.0 Å². The Hall–Kier alpha value is -0.610. The summed E-state index contributed by atoms with van der Waals surface area (Å²) in [6, 6.07) is 0.330. The SMILES string of the molecule is CCC1CN(CC(=O)N2CCCCC2)CCC1N. The molecule has 2 aliphatic rings. The zero-order valence-corrected chi connectivity index (χ0v) is 11.6. The largest absolute Gasteiger partial charge is 0.342 e. The molecule has 0 bridgehead atoms. The lowest BCUT2D eigenvalue weighted by Crippen LogP contribution is -2.50. The van der Waals surface area contributed by atoms with Crippen LogP contribution in [0.1, 0.15) is 39.0 Å². The van der Waals surface area contributed by atoms with Gasteiger partial charge in [-0.15, -0.1) is 0 Å². The highest BCUT2D eigenvalue weighted by Gasteiger charge is 2.27. The molecule has 2 N–H and O–H groups in total. The average molecular weight is 253 g/mol. The van der Waals surface area contributed by atoms with Crippen LogP contribution in [-0.2, 0) is 4.79 Å². The number of nitrogens with zero attached hydrogens (tertiary/aromatic N) is 2. The van der Waals surface area contributed by atoms with Gasteiger partial charge in [-0.2, -0.15) is 0 Å². The van der Waals surface area contributed by atoms with Gasteiger partial charge in [0.2, 0.25) is 5.91 Å². The molecule has 0 aromatic heterocycles. The first kappa shape index (κ1) is 13.8. The number of hydrogen-bond donors (Lipinski definition) is 1. The average Bonchev–Trinajstić information content (AvgIpc) is 2.42. The fraction of sp³-hybridized carbons (Fsp3) is 0.929. The van der Waals surface area contributed by atoms with E-state index in [-0.39, 0.29) is 0 Å². The minimum Gasteiger partial charge on any atom is -0.342 e. The first-order valence-corrected chi connectivity index (χ1v) is 7.46. The smallest absolute Gasteiger partial charge is 0.236 e. The van der Waals surface area contributed by atoms with E-state index in [1.807, 2.05) is 4.90 Å². The first-order chi connectivity index (χ1) is 8.70. The number of nitrogens with two attached hydrogens (primary N) is 1. The Morgan fingerprint density at radius 3 is 2.61 bits per heavy atom. The Morgan fingerprint density at radius 1 is 1.22 bits per heavy atom. The Kier molecular flexibility index (Phi) is 5.01. The number of piperidine rings is 2. The van der Waals surface area contributed by atoms with Crippen LogP contribution in [0.2, 0.25) is 0 Å². The number of carbonyl (C=O) groups is 1. The van der Waals surface area contributed by atoms with E-state index in [1.165, 1.54) is 19.3 Å². The molecular formula is C14H27N3O. The van der Waals surface area contributed by atoms with Gasteiger partial charge in [-0.25, -0.2) is 0 Å². The van der Waals surface area contributed by atoms with E-state index in [9.17, 15) is 4.79 Å². The van der Waals surface area contributed by atoms with E-state index in [2.05, 4.69) is 11.8 Å². The Balaban J connectivity index is 1.80. The van der Waals surface area contributed by atoms with Crippen molar-refractivity contribution in [3.8, 4) is 0 Å². The highest BCUT2D eigenvalue weighted by Crippen LogP contribution is 2.18. The monoisotopic (exact) mass is 253 g/mol. The minimum absolute atomic E-state index is 0.319. The van der Waals surface area contributed by atoms with Gasteiger partial charge >= 0.3 is 0 Å². The molecule has 2 atom stereocenters. The van der Waals surface area contributed by atoms with Gasteiger partial charge in [-0.05, 0) is 31.6 Å². The topological polar surface area (TPSA) is 49.6 Å². The minimum atomic E-state index is 0.319. The fourth-order valence-corrected chi connectivity index (χ4v) is 3.14. The molecule has 0 aromatic carbocycles. The first-order valence-electron chi connectivity index (χ1n) is 7.46. The lowest BCUT2D eigenvalue weighted by Gasteiger charge is -2.37. The van der Waals surface area contributed by atoms with Crippen LogP contribution in [0, 0.1) is 5.92 Å². The number of likely N-dealkylation sites (tertiary alicyclic amines) is 2. The molecule has 2 aliphatic heterocycles. The van der Waals surface area contributed by atoms with E-state index < -0.39 is 0 Å². The fourth-order valence-electron chi connectivity index (χ4n) is 3.14. The van der Waals surface area contributed by atoms with Crippen LogP contribution in [0.25, 0.3) is 0 Å². The molecule has 1 amide bonds. The molecule has 2 unspecified atom stereocenters. The molecule has 0 spiro atoms. The van der Waals surface area contributed by atoms with Crippen molar-refractivity contribution >= 4 is 5.91 Å². The van der Waals surface area contributed by atoms with Gasteiger partial charge in [-0.1, -0.05) is 13.3 Å². The lowest BCUT2D eigenvalue weighted by atomic mass is 9.91. The van der Waals surface area contributed by atoms with Crippen LogP contribution >= 0.6 is 0 Å². The summed E-state index contributed by atoms with van der Waals surface area (Å²) in [7, 11) is 0. The van der Waals surface area contributed by atoms with Crippen LogP contribution in [0.5, 0.6) is 0 Å². The Bertz CT molecular complexity index is 276. The summed E-state index contributed by atoms with van der Waals surface area (Å²) in [4.78, 5) is 16.5. The van der Waals surface area contributed by atoms with Gasteiger partial charge in [0.05, 0.1) is 6.54 Å². The second-order valence-electron chi connectivity index (χ2n) is 5.80. The summed E-state index contributed by atoms with van der Waals surface area (Å²) in [5.74, 6) is 0.882. The molecule has 0 radical (unpaired) electrons. The van der Waals surface area contributed by atoms with Gasteiger partial charge < -0.3 is 10.6 Å². The number of amides is 1. The molecule has 0 aromatic rings. The van der Waals surface area contributed by atoms with Crippen molar-refractivity contribution in [3.05, 3.63) is 0 Å². The normalized spacial score (nSPS) is 30.4. The summed E-state index contributed by atoms with van der Waals surface area (Å²) in [5, 5.41) is 0. The molecule has 4 nitrogen and oxygen atoms in total. The van der Waals surface area contributed by atoms with E-state index >= 15 is 0 Å². The van der Waals surface area contributed by atoms with Gasteiger partial charge in [0, 0.05) is 32.2 Å². The van der Waals surface area contributed by atoms with Crippen LogP contribution in [0.4, 0.5) is 0 Å². The lowest BCUT2D eigenvalue weighted by molar-refractivity contribution is -0.133. The predicted molar refractivity (Wildman–Crippen MR) is 73.2 cm³/mol. The molecule has 104 valence electrons. The standard InChI is InChI=1S/C14H27N3O/c1-2-12-10-16(9-6-13(12)15)11-14(18)17-7-4-3-5-8-17/h12-13H,2-11,15H2,1H3. The van der Waals surface area contributed by atoms with Crippen molar-refractivity contribution < 1.29 is 4.79 Å². The third-order valence-corrected chi connectivity index (χ3v) is 4.47. The van der Waals surface area contributed by atoms with Gasteiger partial charge in [0.15, 0.2) is 0 Å². The highest BCUT2D eigenvalue weighted by molar-refractivity contribution is 5.78. The number of rotatable bonds is 3. The Morgan fingerprint density at radius 2 is 1.94 bits per heavy atom. The van der Waals surface area contributed by atoms with Crippen molar-refractivity contribution in [2.45, 2.75) is 45.1 Å². The zero-order valence-electron chi connectivity index (χ0n) is 11.6. The molecule has 18 heavy (non-hydrogen) atoms. The molecule has 2 saturated heterocycles. The maximum atomic E-state index is 12.2. The summed E-state index contributed by atoms with van der Waals surface area (Å²) in [6.45, 7) is 6.70. The van der Waals surface area contributed by atoms with E-state index in [4.69, 9.17) is 5.73 Å². The summed E-state index contributed by atoms with van der Waals surface area (Å²) < 4.78 is 0. The second-order valence-corrected chi connectivity index (χ2v) is 5.80. The highest BCUT2D eigenvalue weighted by atomic mass is 16.2. The maximum Gasteiger partial charge on any atom is 0.236 e. The third-order valence-electron chi connectivity index (χ3n) is 4.47. The zero-order chi connectivity index (χ0) is 13.0. The molecular weight excluding hydrogens is 226 g/mol. The third kappa shape index (κ3) is 3.45. The van der Waals surface area contributed by atoms with Crippen LogP contribution in [0.15, 0.2) is 0 Å². The second kappa shape index (κ2) is 6.53. The molecule has 2 fully saturated rings. The quantitative estimate of drug-likeness (QED) is 0.818. The van der Waals surface area contributed by atoms with Crippen LogP contribution in [0.3, 0.4) is 0 Å².